The Morgan fingerprint density at radius 1 is 1.41 bits per heavy atom. The highest BCUT2D eigenvalue weighted by Gasteiger charge is 2.23. The maximum Gasteiger partial charge on any atom is 0.223 e. The van der Waals surface area contributed by atoms with Gasteiger partial charge in [0.15, 0.2) is 0 Å². The largest absolute Gasteiger partial charge is 0.343 e. The van der Waals surface area contributed by atoms with E-state index in [0.717, 1.165) is 38.0 Å². The van der Waals surface area contributed by atoms with Gasteiger partial charge in [0.25, 0.3) is 0 Å². The highest BCUT2D eigenvalue weighted by atomic mass is 35.5. The fourth-order valence-corrected chi connectivity index (χ4v) is 3.00. The Balaban J connectivity index is 0.00000242. The molecule has 124 valence electrons. The molecule has 2 rings (SSSR count). The van der Waals surface area contributed by atoms with Crippen LogP contribution in [0.4, 0.5) is 4.39 Å². The highest BCUT2D eigenvalue weighted by Crippen LogP contribution is 2.23. The Morgan fingerprint density at radius 2 is 2.09 bits per heavy atom. The summed E-state index contributed by atoms with van der Waals surface area (Å²) in [5, 5.41) is 3.20. The number of carbonyl (C=O) groups is 1. The van der Waals surface area contributed by atoms with Gasteiger partial charge in [-0.3, -0.25) is 4.79 Å². The molecule has 1 N–H and O–H groups in total. The van der Waals surface area contributed by atoms with Crippen LogP contribution in [-0.2, 0) is 4.79 Å². The number of nitrogens with zero attached hydrogens (tertiary/aromatic N) is 1. The molecule has 0 saturated carbocycles. The van der Waals surface area contributed by atoms with E-state index in [-0.39, 0.29) is 30.0 Å². The maximum absolute atomic E-state index is 13.2. The second kappa shape index (κ2) is 9.11. The molecule has 1 aromatic rings. The van der Waals surface area contributed by atoms with Crippen molar-refractivity contribution in [1.82, 2.24) is 10.2 Å². The summed E-state index contributed by atoms with van der Waals surface area (Å²) in [6.07, 6.45) is 2.60. The van der Waals surface area contributed by atoms with E-state index in [1.54, 1.807) is 6.07 Å². The minimum Gasteiger partial charge on any atom is -0.343 e. The second-order valence-electron chi connectivity index (χ2n) is 6.04. The lowest BCUT2D eigenvalue weighted by atomic mass is 9.94. The third-order valence-corrected chi connectivity index (χ3v) is 4.36. The van der Waals surface area contributed by atoms with Crippen LogP contribution >= 0.6 is 12.4 Å². The molecule has 1 fully saturated rings. The summed E-state index contributed by atoms with van der Waals surface area (Å²) in [5.74, 6) is 0.692. The molecule has 1 heterocycles. The predicted molar refractivity (Wildman–Crippen MR) is 89.9 cm³/mol. The quantitative estimate of drug-likeness (QED) is 0.900. The van der Waals surface area contributed by atoms with Crippen LogP contribution in [0.25, 0.3) is 0 Å². The Hall–Kier alpha value is -1.13. The molecule has 1 aliphatic rings. The van der Waals surface area contributed by atoms with Gasteiger partial charge in [-0.15, -0.1) is 12.4 Å². The maximum atomic E-state index is 13.2. The lowest BCUT2D eigenvalue weighted by molar-refractivity contribution is -0.132. The zero-order valence-electron chi connectivity index (χ0n) is 13.3. The van der Waals surface area contributed by atoms with Crippen LogP contribution in [0.3, 0.4) is 0 Å². The van der Waals surface area contributed by atoms with Gasteiger partial charge in [0, 0.05) is 19.5 Å². The number of hydrogen-bond acceptors (Lipinski definition) is 2. The summed E-state index contributed by atoms with van der Waals surface area (Å²) < 4.78 is 13.2. The highest BCUT2D eigenvalue weighted by molar-refractivity contribution is 5.85. The molecule has 1 saturated heterocycles. The molecule has 1 amide bonds. The van der Waals surface area contributed by atoms with Crippen molar-refractivity contribution in [2.24, 2.45) is 5.92 Å². The summed E-state index contributed by atoms with van der Waals surface area (Å²) in [7, 11) is 1.97. The molecule has 0 aliphatic carbocycles. The molecule has 0 bridgehead atoms. The first-order valence-electron chi connectivity index (χ1n) is 7.78. The Kier molecular flexibility index (Phi) is 7.83. The van der Waals surface area contributed by atoms with E-state index in [1.165, 1.54) is 12.1 Å². The fourth-order valence-electron chi connectivity index (χ4n) is 3.00. The van der Waals surface area contributed by atoms with Gasteiger partial charge in [0.2, 0.25) is 5.91 Å². The number of carbonyl (C=O) groups excluding carboxylic acids is 1. The van der Waals surface area contributed by atoms with Gasteiger partial charge in [0.1, 0.15) is 5.82 Å². The molecule has 0 spiro atoms. The molecule has 5 heteroatoms. The number of likely N-dealkylation sites (tertiary alicyclic amines) is 1. The SMILES string of the molecule is CNCC1CCN(C(=O)CC(C)c2cccc(F)c2)CC1.Cl. The van der Waals surface area contributed by atoms with E-state index in [0.29, 0.717) is 12.3 Å². The average Bonchev–Trinajstić information content (AvgIpc) is 2.48. The molecule has 1 atom stereocenters. The van der Waals surface area contributed by atoms with Crippen LogP contribution in [0.2, 0.25) is 0 Å². The van der Waals surface area contributed by atoms with Crippen molar-refractivity contribution in [1.29, 1.82) is 0 Å². The zero-order valence-corrected chi connectivity index (χ0v) is 14.2. The normalized spacial score (nSPS) is 17.0. The molecule has 1 aromatic carbocycles. The molecule has 3 nitrogen and oxygen atoms in total. The van der Waals surface area contributed by atoms with Gasteiger partial charge >= 0.3 is 0 Å². The number of amides is 1. The summed E-state index contributed by atoms with van der Waals surface area (Å²) in [5.41, 5.74) is 0.897. The molecule has 1 aliphatic heterocycles. The summed E-state index contributed by atoms with van der Waals surface area (Å²) in [4.78, 5) is 14.3. The molecular weight excluding hydrogens is 303 g/mol. The number of hydrogen-bond donors (Lipinski definition) is 1. The van der Waals surface area contributed by atoms with Gasteiger partial charge in [-0.05, 0) is 56.0 Å². The third kappa shape index (κ3) is 5.25. The standard InChI is InChI=1S/C17H25FN2O.ClH/c1-13(15-4-3-5-16(18)11-15)10-17(21)20-8-6-14(7-9-20)12-19-2;/h3-5,11,13-14,19H,6-10,12H2,1-2H3;1H. The summed E-state index contributed by atoms with van der Waals surface area (Å²) in [6, 6.07) is 6.55. The first-order chi connectivity index (χ1) is 10.1. The molecule has 0 radical (unpaired) electrons. The van der Waals surface area contributed by atoms with Gasteiger partial charge < -0.3 is 10.2 Å². The predicted octanol–water partition coefficient (Wildman–Crippen LogP) is 3.20. The Morgan fingerprint density at radius 3 is 2.68 bits per heavy atom. The van der Waals surface area contributed by atoms with E-state index < -0.39 is 0 Å². The van der Waals surface area contributed by atoms with Gasteiger partial charge in [0.05, 0.1) is 0 Å². The second-order valence-corrected chi connectivity index (χ2v) is 6.04. The number of benzene rings is 1. The number of piperidine rings is 1. The molecule has 22 heavy (non-hydrogen) atoms. The van der Waals surface area contributed by atoms with Crippen LogP contribution in [-0.4, -0.2) is 37.5 Å². The number of nitrogens with one attached hydrogen (secondary N) is 1. The molecule has 0 aromatic heterocycles. The average molecular weight is 329 g/mol. The van der Waals surface area contributed by atoms with Crippen molar-refractivity contribution in [2.45, 2.75) is 32.1 Å². The zero-order chi connectivity index (χ0) is 15.2. The van der Waals surface area contributed by atoms with Crippen LogP contribution in [0.15, 0.2) is 24.3 Å². The van der Waals surface area contributed by atoms with E-state index in [1.807, 2.05) is 24.9 Å². The van der Waals surface area contributed by atoms with E-state index >= 15 is 0 Å². The van der Waals surface area contributed by atoms with Crippen molar-refractivity contribution in [3.05, 3.63) is 35.6 Å². The van der Waals surface area contributed by atoms with Crippen LogP contribution < -0.4 is 5.32 Å². The van der Waals surface area contributed by atoms with E-state index in [2.05, 4.69) is 5.32 Å². The van der Waals surface area contributed by atoms with Gasteiger partial charge in [-0.2, -0.15) is 0 Å². The smallest absolute Gasteiger partial charge is 0.223 e. The molecular formula is C17H26ClFN2O. The van der Waals surface area contributed by atoms with Crippen molar-refractivity contribution < 1.29 is 9.18 Å². The van der Waals surface area contributed by atoms with E-state index in [9.17, 15) is 9.18 Å². The van der Waals surface area contributed by atoms with Gasteiger partial charge in [-0.25, -0.2) is 4.39 Å². The minimum atomic E-state index is -0.236. The lowest BCUT2D eigenvalue weighted by Gasteiger charge is -2.32. The summed E-state index contributed by atoms with van der Waals surface area (Å²) >= 11 is 0. The Labute approximate surface area is 138 Å². The van der Waals surface area contributed by atoms with Gasteiger partial charge in [-0.1, -0.05) is 19.1 Å². The third-order valence-electron chi connectivity index (χ3n) is 4.36. The minimum absolute atomic E-state index is 0. The first-order valence-corrected chi connectivity index (χ1v) is 7.78. The summed E-state index contributed by atoms with van der Waals surface area (Å²) in [6.45, 7) is 4.71. The topological polar surface area (TPSA) is 32.3 Å². The van der Waals surface area contributed by atoms with Crippen LogP contribution in [0, 0.1) is 11.7 Å². The first kappa shape index (κ1) is 18.9. The lowest BCUT2D eigenvalue weighted by Crippen LogP contribution is -2.40. The van der Waals surface area contributed by atoms with Crippen molar-refractivity contribution in [2.75, 3.05) is 26.7 Å². The number of rotatable bonds is 5. The van der Waals surface area contributed by atoms with Crippen molar-refractivity contribution >= 4 is 18.3 Å². The van der Waals surface area contributed by atoms with E-state index in [4.69, 9.17) is 0 Å². The fraction of sp³-hybridized carbons (Fsp3) is 0.588. The number of halogens is 2. The van der Waals surface area contributed by atoms with Crippen molar-refractivity contribution in [3.63, 3.8) is 0 Å². The van der Waals surface area contributed by atoms with Crippen LogP contribution in [0.5, 0.6) is 0 Å². The van der Waals surface area contributed by atoms with Crippen LogP contribution in [0.1, 0.15) is 37.7 Å². The molecule has 1 unspecified atom stereocenters. The van der Waals surface area contributed by atoms with Crippen molar-refractivity contribution in [3.8, 4) is 0 Å². The Bertz CT molecular complexity index is 475. The monoisotopic (exact) mass is 328 g/mol.